The van der Waals surface area contributed by atoms with Crippen molar-refractivity contribution in [2.45, 2.75) is 51.9 Å². The highest BCUT2D eigenvalue weighted by atomic mass is 16.6. The summed E-state index contributed by atoms with van der Waals surface area (Å²) in [6.45, 7) is 6.19. The molecule has 0 aliphatic carbocycles. The van der Waals surface area contributed by atoms with Gasteiger partial charge in [0, 0.05) is 24.9 Å². The molecule has 0 unspecified atom stereocenters. The summed E-state index contributed by atoms with van der Waals surface area (Å²) in [4.78, 5) is 28.5. The second-order valence-corrected chi connectivity index (χ2v) is 9.86. The molecule has 2 amide bonds. The van der Waals surface area contributed by atoms with E-state index in [0.717, 1.165) is 27.7 Å². The Morgan fingerprint density at radius 2 is 1.50 bits per heavy atom. The van der Waals surface area contributed by atoms with Gasteiger partial charge >= 0.3 is 6.09 Å². The fourth-order valence-corrected chi connectivity index (χ4v) is 4.07. The third-order valence-electron chi connectivity index (χ3n) is 5.69. The fourth-order valence-electron chi connectivity index (χ4n) is 4.07. The van der Waals surface area contributed by atoms with Crippen LogP contribution in [0, 0.1) is 0 Å². The van der Waals surface area contributed by atoms with Crippen LogP contribution in [-0.2, 0) is 29.0 Å². The lowest BCUT2D eigenvalue weighted by Gasteiger charge is -2.29. The van der Waals surface area contributed by atoms with E-state index in [-0.39, 0.29) is 5.91 Å². The van der Waals surface area contributed by atoms with Gasteiger partial charge in [-0.2, -0.15) is 0 Å². The smallest absolute Gasteiger partial charge is 0.408 e. The van der Waals surface area contributed by atoms with Gasteiger partial charge in [0.05, 0.1) is 6.26 Å². The van der Waals surface area contributed by atoms with E-state index in [0.29, 0.717) is 19.5 Å². The van der Waals surface area contributed by atoms with Crippen LogP contribution in [0.2, 0.25) is 0 Å². The quantitative estimate of drug-likeness (QED) is 0.328. The van der Waals surface area contributed by atoms with Crippen LogP contribution in [0.3, 0.4) is 0 Å². The number of carbonyl (C=O) groups excluding carboxylic acids is 2. The first-order chi connectivity index (χ1) is 17.3. The Morgan fingerprint density at radius 3 is 2.17 bits per heavy atom. The van der Waals surface area contributed by atoms with Gasteiger partial charge in [-0.1, -0.05) is 66.7 Å². The van der Waals surface area contributed by atoms with Gasteiger partial charge in [-0.25, -0.2) is 4.79 Å². The predicted molar refractivity (Wildman–Crippen MR) is 140 cm³/mol. The summed E-state index contributed by atoms with van der Waals surface area (Å²) in [5.74, 6) is -0.180. The topological polar surface area (TPSA) is 71.8 Å². The first-order valence-electron chi connectivity index (χ1n) is 12.1. The number of hydrogen-bond acceptors (Lipinski definition) is 4. The van der Waals surface area contributed by atoms with Crippen LogP contribution in [0.5, 0.6) is 0 Å². The minimum atomic E-state index is -0.788. The number of furan rings is 1. The zero-order valence-corrected chi connectivity index (χ0v) is 20.9. The Hall–Kier alpha value is -4.06. The molecule has 1 aromatic heterocycles. The molecule has 0 aliphatic heterocycles. The number of fused-ring (bicyclic) bond motifs is 1. The Kier molecular flexibility index (Phi) is 7.74. The summed E-state index contributed by atoms with van der Waals surface area (Å²) >= 11 is 0. The van der Waals surface area contributed by atoms with E-state index >= 15 is 0 Å². The number of ether oxygens (including phenoxy) is 1. The highest BCUT2D eigenvalue weighted by molar-refractivity contribution is 5.86. The Bertz CT molecular complexity index is 1290. The molecule has 1 N–H and O–H groups in total. The molecule has 6 nitrogen and oxygen atoms in total. The number of amides is 2. The SMILES string of the molecule is CC(C)(C)OC(=O)N[C@@H](Cc1ccccc1)C(=O)N(Cc1ccccc1)Cc1ccc2occc2c1. The van der Waals surface area contributed by atoms with Crippen molar-refractivity contribution in [2.24, 2.45) is 0 Å². The minimum absolute atomic E-state index is 0.180. The minimum Gasteiger partial charge on any atom is -0.464 e. The lowest BCUT2D eigenvalue weighted by atomic mass is 10.0. The number of hydrogen-bond donors (Lipinski definition) is 1. The monoisotopic (exact) mass is 484 g/mol. The number of carbonyl (C=O) groups is 2. The van der Waals surface area contributed by atoms with Gasteiger partial charge in [0.1, 0.15) is 17.2 Å². The zero-order chi connectivity index (χ0) is 25.5. The lowest BCUT2D eigenvalue weighted by molar-refractivity contribution is -0.134. The van der Waals surface area contributed by atoms with Crippen LogP contribution >= 0.6 is 0 Å². The van der Waals surface area contributed by atoms with E-state index in [9.17, 15) is 9.59 Å². The van der Waals surface area contributed by atoms with E-state index in [2.05, 4.69) is 5.32 Å². The maximum absolute atomic E-state index is 14.0. The fraction of sp³-hybridized carbons (Fsp3) is 0.267. The average Bonchev–Trinajstić information content (AvgIpc) is 3.31. The van der Waals surface area contributed by atoms with E-state index in [4.69, 9.17) is 9.15 Å². The van der Waals surface area contributed by atoms with Gasteiger partial charge in [0.2, 0.25) is 5.91 Å². The van der Waals surface area contributed by atoms with Crippen LogP contribution in [0.1, 0.15) is 37.5 Å². The number of nitrogens with one attached hydrogen (secondary N) is 1. The van der Waals surface area contributed by atoms with Crippen LogP contribution in [0.25, 0.3) is 11.0 Å². The standard InChI is InChI=1S/C30H32N2O4/c1-30(2,3)36-29(34)31-26(19-22-10-6-4-7-11-22)28(33)32(20-23-12-8-5-9-13-23)21-24-14-15-27-25(18-24)16-17-35-27/h4-18,26H,19-21H2,1-3H3,(H,31,34)/t26-/m0/s1. The number of benzene rings is 3. The molecule has 1 heterocycles. The largest absolute Gasteiger partial charge is 0.464 e. The molecular weight excluding hydrogens is 452 g/mol. The first kappa shape index (κ1) is 25.0. The van der Waals surface area contributed by atoms with Crippen molar-refractivity contribution in [1.82, 2.24) is 10.2 Å². The molecule has 4 rings (SSSR count). The molecule has 4 aromatic rings. The van der Waals surface area contributed by atoms with Gasteiger partial charge in [-0.3, -0.25) is 4.79 Å². The molecule has 1 atom stereocenters. The van der Waals surface area contributed by atoms with E-state index < -0.39 is 17.7 Å². The van der Waals surface area contributed by atoms with E-state index in [1.807, 2.05) is 84.9 Å². The summed E-state index contributed by atoms with van der Waals surface area (Å²) in [6, 6.07) is 26.5. The molecule has 36 heavy (non-hydrogen) atoms. The van der Waals surface area contributed by atoms with Crippen LogP contribution in [0.15, 0.2) is 95.6 Å². The van der Waals surface area contributed by atoms with Crippen LogP contribution in [0.4, 0.5) is 4.79 Å². The normalized spacial score (nSPS) is 12.2. The molecule has 6 heteroatoms. The maximum Gasteiger partial charge on any atom is 0.408 e. The molecular formula is C30H32N2O4. The Labute approximate surface area is 211 Å². The number of nitrogens with zero attached hydrogens (tertiary/aromatic N) is 1. The third kappa shape index (κ3) is 6.98. The average molecular weight is 485 g/mol. The Balaban J connectivity index is 1.62. The van der Waals surface area contributed by atoms with E-state index in [1.165, 1.54) is 0 Å². The third-order valence-corrected chi connectivity index (χ3v) is 5.69. The molecule has 0 saturated carbocycles. The summed E-state index contributed by atoms with van der Waals surface area (Å²) in [5.41, 5.74) is 3.06. The van der Waals surface area contributed by atoms with Crippen molar-refractivity contribution in [3.63, 3.8) is 0 Å². The number of alkyl carbamates (subject to hydrolysis) is 1. The highest BCUT2D eigenvalue weighted by Gasteiger charge is 2.29. The van der Waals surface area contributed by atoms with Gasteiger partial charge in [0.15, 0.2) is 0 Å². The molecule has 0 saturated heterocycles. The second-order valence-electron chi connectivity index (χ2n) is 9.86. The van der Waals surface area contributed by atoms with Gasteiger partial charge in [-0.05, 0) is 55.7 Å². The summed E-state index contributed by atoms with van der Waals surface area (Å²) in [5, 5.41) is 3.81. The van der Waals surface area contributed by atoms with Crippen molar-refractivity contribution in [3.8, 4) is 0 Å². The van der Waals surface area contributed by atoms with Gasteiger partial charge in [-0.15, -0.1) is 0 Å². The van der Waals surface area contributed by atoms with Crippen LogP contribution in [-0.4, -0.2) is 28.5 Å². The summed E-state index contributed by atoms with van der Waals surface area (Å²) in [6.07, 6.45) is 1.39. The van der Waals surface area contributed by atoms with Crippen molar-refractivity contribution < 1.29 is 18.7 Å². The molecule has 0 spiro atoms. The van der Waals surface area contributed by atoms with E-state index in [1.54, 1.807) is 31.9 Å². The summed E-state index contributed by atoms with van der Waals surface area (Å²) in [7, 11) is 0. The first-order valence-corrected chi connectivity index (χ1v) is 12.1. The second kappa shape index (κ2) is 11.1. The predicted octanol–water partition coefficient (Wildman–Crippen LogP) is 6.10. The molecule has 3 aromatic carbocycles. The molecule has 0 bridgehead atoms. The highest BCUT2D eigenvalue weighted by Crippen LogP contribution is 2.20. The molecule has 0 aliphatic rings. The molecule has 0 radical (unpaired) electrons. The van der Waals surface area contributed by atoms with Crippen LogP contribution < -0.4 is 5.32 Å². The lowest BCUT2D eigenvalue weighted by Crippen LogP contribution is -2.50. The van der Waals surface area contributed by atoms with Crippen molar-refractivity contribution in [3.05, 3.63) is 108 Å². The van der Waals surface area contributed by atoms with Gasteiger partial charge in [0.25, 0.3) is 0 Å². The van der Waals surface area contributed by atoms with Crippen molar-refractivity contribution in [2.75, 3.05) is 0 Å². The van der Waals surface area contributed by atoms with Crippen molar-refractivity contribution >= 4 is 23.0 Å². The Morgan fingerprint density at radius 1 is 0.861 bits per heavy atom. The summed E-state index contributed by atoms with van der Waals surface area (Å²) < 4.78 is 10.9. The zero-order valence-electron chi connectivity index (χ0n) is 20.9. The van der Waals surface area contributed by atoms with Gasteiger partial charge < -0.3 is 19.4 Å². The molecule has 0 fully saturated rings. The van der Waals surface area contributed by atoms with Crippen molar-refractivity contribution in [1.29, 1.82) is 0 Å². The maximum atomic E-state index is 14.0. The molecule has 186 valence electrons. The number of rotatable bonds is 8.